The first kappa shape index (κ1) is 18.4. The fraction of sp³-hybridized carbons (Fsp3) is 0.250. The molecule has 2 aromatic carbocycles. The highest BCUT2D eigenvalue weighted by Crippen LogP contribution is 2.30. The van der Waals surface area contributed by atoms with E-state index in [9.17, 15) is 4.79 Å². The van der Waals surface area contributed by atoms with Gasteiger partial charge in [0.05, 0.1) is 19.4 Å². The number of allylic oxidation sites excluding steroid dienone is 1. The summed E-state index contributed by atoms with van der Waals surface area (Å²) in [6, 6.07) is 14.7. The van der Waals surface area contributed by atoms with Gasteiger partial charge in [0.15, 0.2) is 11.5 Å². The molecule has 0 aliphatic heterocycles. The highest BCUT2D eigenvalue weighted by Gasteiger charge is 2.11. The molecule has 0 aromatic heterocycles. The van der Waals surface area contributed by atoms with Crippen LogP contribution in [0, 0.1) is 0 Å². The van der Waals surface area contributed by atoms with Crippen molar-refractivity contribution in [1.82, 2.24) is 5.32 Å². The van der Waals surface area contributed by atoms with E-state index in [0.717, 1.165) is 12.0 Å². The SMILES string of the molecule is CC/C=C/Oc1cc(NC(=O)N[C@@H](C)c2ccccc2)ccc1OC. The highest BCUT2D eigenvalue weighted by molar-refractivity contribution is 5.89. The Hall–Kier alpha value is -2.95. The number of carbonyl (C=O) groups is 1. The van der Waals surface area contributed by atoms with Crippen LogP contribution < -0.4 is 20.1 Å². The van der Waals surface area contributed by atoms with Crippen molar-refractivity contribution >= 4 is 11.7 Å². The third-order valence-electron chi connectivity index (χ3n) is 3.60. The van der Waals surface area contributed by atoms with Crippen molar-refractivity contribution in [3.8, 4) is 11.5 Å². The minimum absolute atomic E-state index is 0.0948. The molecule has 0 saturated carbocycles. The van der Waals surface area contributed by atoms with Crippen molar-refractivity contribution in [2.45, 2.75) is 26.3 Å². The van der Waals surface area contributed by atoms with Gasteiger partial charge in [0.2, 0.25) is 0 Å². The fourth-order valence-corrected chi connectivity index (χ4v) is 2.25. The van der Waals surface area contributed by atoms with Crippen LogP contribution in [0.2, 0.25) is 0 Å². The molecule has 0 bridgehead atoms. The van der Waals surface area contributed by atoms with E-state index in [0.29, 0.717) is 17.2 Å². The maximum atomic E-state index is 12.2. The van der Waals surface area contributed by atoms with Gasteiger partial charge in [-0.2, -0.15) is 0 Å². The summed E-state index contributed by atoms with van der Waals surface area (Å²) in [5.74, 6) is 1.14. The first-order valence-corrected chi connectivity index (χ1v) is 8.26. The first-order valence-electron chi connectivity index (χ1n) is 8.26. The molecule has 0 aliphatic carbocycles. The molecule has 5 heteroatoms. The lowest BCUT2D eigenvalue weighted by molar-refractivity contribution is 0.249. The van der Waals surface area contributed by atoms with Crippen molar-refractivity contribution in [2.24, 2.45) is 0 Å². The van der Waals surface area contributed by atoms with Crippen LogP contribution in [-0.2, 0) is 0 Å². The summed E-state index contributed by atoms with van der Waals surface area (Å²) in [7, 11) is 1.58. The van der Waals surface area contributed by atoms with Gasteiger partial charge in [-0.05, 0) is 37.1 Å². The number of anilines is 1. The number of rotatable bonds is 7. The highest BCUT2D eigenvalue weighted by atomic mass is 16.5. The van der Waals surface area contributed by atoms with Gasteiger partial charge >= 0.3 is 6.03 Å². The van der Waals surface area contributed by atoms with Crippen LogP contribution in [0.15, 0.2) is 60.9 Å². The summed E-state index contributed by atoms with van der Waals surface area (Å²) < 4.78 is 10.8. The van der Waals surface area contributed by atoms with Gasteiger partial charge < -0.3 is 20.1 Å². The van der Waals surface area contributed by atoms with Gasteiger partial charge in [-0.25, -0.2) is 4.79 Å². The monoisotopic (exact) mass is 340 g/mol. The van der Waals surface area contributed by atoms with Crippen LogP contribution in [0.3, 0.4) is 0 Å². The van der Waals surface area contributed by atoms with Crippen molar-refractivity contribution in [2.75, 3.05) is 12.4 Å². The summed E-state index contributed by atoms with van der Waals surface area (Å²) in [5.41, 5.74) is 1.67. The number of nitrogens with one attached hydrogen (secondary N) is 2. The van der Waals surface area contributed by atoms with Crippen LogP contribution in [0.5, 0.6) is 11.5 Å². The van der Waals surface area contributed by atoms with E-state index < -0.39 is 0 Å². The Bertz CT molecular complexity index is 714. The Kier molecular flexibility index (Phi) is 6.89. The van der Waals surface area contributed by atoms with Gasteiger partial charge in [-0.3, -0.25) is 0 Å². The van der Waals surface area contributed by atoms with Crippen molar-refractivity contribution in [1.29, 1.82) is 0 Å². The second kappa shape index (κ2) is 9.37. The molecule has 0 aliphatic rings. The smallest absolute Gasteiger partial charge is 0.319 e. The molecule has 2 N–H and O–H groups in total. The predicted octanol–water partition coefficient (Wildman–Crippen LogP) is 4.88. The second-order valence-electron chi connectivity index (χ2n) is 5.49. The third kappa shape index (κ3) is 5.57. The van der Waals surface area contributed by atoms with E-state index >= 15 is 0 Å². The largest absolute Gasteiger partial charge is 0.493 e. The van der Waals surface area contributed by atoms with E-state index in [-0.39, 0.29) is 12.1 Å². The average Bonchev–Trinajstić information content (AvgIpc) is 2.63. The normalized spacial score (nSPS) is 11.8. The Morgan fingerprint density at radius 1 is 1.16 bits per heavy atom. The number of ether oxygens (including phenoxy) is 2. The third-order valence-corrected chi connectivity index (χ3v) is 3.60. The van der Waals surface area contributed by atoms with Crippen LogP contribution in [-0.4, -0.2) is 13.1 Å². The molecule has 0 spiro atoms. The zero-order chi connectivity index (χ0) is 18.1. The zero-order valence-corrected chi connectivity index (χ0v) is 14.8. The number of urea groups is 1. The number of hydrogen-bond acceptors (Lipinski definition) is 3. The molecular weight excluding hydrogens is 316 g/mol. The van der Waals surface area contributed by atoms with Gasteiger partial charge in [0, 0.05) is 11.8 Å². The van der Waals surface area contributed by atoms with E-state index in [1.54, 1.807) is 31.6 Å². The van der Waals surface area contributed by atoms with Crippen LogP contribution in [0.25, 0.3) is 0 Å². The number of carbonyl (C=O) groups excluding carboxylic acids is 1. The van der Waals surface area contributed by atoms with Crippen LogP contribution in [0.4, 0.5) is 10.5 Å². The Labute approximate surface area is 148 Å². The van der Waals surface area contributed by atoms with Crippen molar-refractivity contribution < 1.29 is 14.3 Å². The molecule has 132 valence electrons. The summed E-state index contributed by atoms with van der Waals surface area (Å²) in [6.07, 6.45) is 4.38. The summed E-state index contributed by atoms with van der Waals surface area (Å²) in [4.78, 5) is 12.2. The van der Waals surface area contributed by atoms with Gasteiger partial charge in [-0.1, -0.05) is 37.3 Å². The molecule has 0 heterocycles. The molecule has 1 atom stereocenters. The summed E-state index contributed by atoms with van der Waals surface area (Å²) in [6.45, 7) is 3.96. The maximum Gasteiger partial charge on any atom is 0.319 e. The molecule has 2 amide bonds. The zero-order valence-electron chi connectivity index (χ0n) is 14.8. The van der Waals surface area contributed by atoms with Gasteiger partial charge in [-0.15, -0.1) is 0 Å². The number of amides is 2. The fourth-order valence-electron chi connectivity index (χ4n) is 2.25. The summed E-state index contributed by atoms with van der Waals surface area (Å²) in [5, 5.41) is 5.72. The van der Waals surface area contributed by atoms with Crippen molar-refractivity contribution in [3.05, 3.63) is 66.4 Å². The summed E-state index contributed by atoms with van der Waals surface area (Å²) >= 11 is 0. The molecular formula is C20H24N2O3. The van der Waals surface area contributed by atoms with E-state index in [1.165, 1.54) is 0 Å². The second-order valence-corrected chi connectivity index (χ2v) is 5.49. The molecule has 25 heavy (non-hydrogen) atoms. The molecule has 0 fully saturated rings. The van der Waals surface area contributed by atoms with Gasteiger partial charge in [0.25, 0.3) is 0 Å². The van der Waals surface area contributed by atoms with E-state index in [4.69, 9.17) is 9.47 Å². The minimum Gasteiger partial charge on any atom is -0.493 e. The molecule has 0 radical (unpaired) electrons. The standard InChI is InChI=1S/C20H24N2O3/c1-4-5-13-25-19-14-17(11-12-18(19)24-3)22-20(23)21-15(2)16-9-7-6-8-10-16/h5-15H,4H2,1-3H3,(H2,21,22,23)/b13-5+/t15-/m0/s1. The lowest BCUT2D eigenvalue weighted by Crippen LogP contribution is -2.31. The quantitative estimate of drug-likeness (QED) is 0.706. The topological polar surface area (TPSA) is 59.6 Å². The molecule has 2 aromatic rings. The Morgan fingerprint density at radius 3 is 2.60 bits per heavy atom. The predicted molar refractivity (Wildman–Crippen MR) is 100 cm³/mol. The minimum atomic E-state index is -0.281. The lowest BCUT2D eigenvalue weighted by Gasteiger charge is -2.16. The lowest BCUT2D eigenvalue weighted by atomic mass is 10.1. The number of methoxy groups -OCH3 is 1. The molecule has 5 nitrogen and oxygen atoms in total. The Morgan fingerprint density at radius 2 is 1.92 bits per heavy atom. The van der Waals surface area contributed by atoms with Crippen molar-refractivity contribution in [3.63, 3.8) is 0 Å². The Balaban J connectivity index is 2.02. The van der Waals surface area contributed by atoms with E-state index in [1.807, 2.05) is 50.3 Å². The molecule has 0 unspecified atom stereocenters. The first-order chi connectivity index (χ1) is 12.1. The molecule has 2 rings (SSSR count). The molecule has 0 saturated heterocycles. The average molecular weight is 340 g/mol. The maximum absolute atomic E-state index is 12.2. The van der Waals surface area contributed by atoms with Crippen LogP contribution >= 0.6 is 0 Å². The van der Waals surface area contributed by atoms with Gasteiger partial charge in [0.1, 0.15) is 0 Å². The number of hydrogen-bond donors (Lipinski definition) is 2. The van der Waals surface area contributed by atoms with E-state index in [2.05, 4.69) is 10.6 Å². The van der Waals surface area contributed by atoms with Crippen LogP contribution in [0.1, 0.15) is 31.9 Å². The number of benzene rings is 2.